The van der Waals surface area contributed by atoms with Gasteiger partial charge in [0.1, 0.15) is 11.2 Å². The molecule has 0 amide bonds. The van der Waals surface area contributed by atoms with Gasteiger partial charge in [-0.2, -0.15) is 0 Å². The predicted octanol–water partition coefficient (Wildman–Crippen LogP) is 13.1. The molecule has 0 unspecified atom stereocenters. The Bertz CT molecular complexity index is 3200. The lowest BCUT2D eigenvalue weighted by molar-refractivity contribution is 0.669. The second-order valence-electron chi connectivity index (χ2n) is 13.1. The number of rotatable bonds is 4. The Kier molecular flexibility index (Phi) is 6.39. The molecule has 0 atom stereocenters. The van der Waals surface area contributed by atoms with Gasteiger partial charge >= 0.3 is 0 Å². The van der Waals surface area contributed by atoms with Crippen LogP contribution in [-0.2, 0) is 0 Å². The van der Waals surface area contributed by atoms with Crippen molar-refractivity contribution in [2.24, 2.45) is 0 Å². The van der Waals surface area contributed by atoms with Crippen LogP contribution in [0.15, 0.2) is 168 Å². The van der Waals surface area contributed by atoms with E-state index in [-0.39, 0.29) is 0 Å². The molecule has 0 radical (unpaired) electrons. The molecule has 4 nitrogen and oxygen atoms in total. The normalized spacial score (nSPS) is 11.8. The first kappa shape index (κ1) is 29.1. The fraction of sp³-hybridized carbons (Fsp3) is 0. The van der Waals surface area contributed by atoms with Crippen LogP contribution >= 0.6 is 11.3 Å². The first-order valence-electron chi connectivity index (χ1n) is 17.4. The van der Waals surface area contributed by atoms with Crippen molar-refractivity contribution in [3.63, 3.8) is 0 Å². The van der Waals surface area contributed by atoms with Gasteiger partial charge in [-0.1, -0.05) is 140 Å². The lowest BCUT2D eigenvalue weighted by atomic mass is 9.93. The molecule has 0 N–H and O–H groups in total. The summed E-state index contributed by atoms with van der Waals surface area (Å²) in [6, 6.07) is 57.1. The summed E-state index contributed by atoms with van der Waals surface area (Å²) < 4.78 is 8.94. The first-order valence-corrected chi connectivity index (χ1v) is 18.2. The minimum absolute atomic E-state index is 0.622. The van der Waals surface area contributed by atoms with Crippen LogP contribution in [0.25, 0.3) is 109 Å². The van der Waals surface area contributed by atoms with E-state index >= 15 is 0 Å². The number of hydrogen-bond donors (Lipinski definition) is 0. The van der Waals surface area contributed by atoms with E-state index in [0.29, 0.717) is 5.82 Å². The number of nitrogens with zero attached hydrogens (tertiary/aromatic N) is 3. The molecule has 11 rings (SSSR count). The van der Waals surface area contributed by atoms with Crippen molar-refractivity contribution in [1.82, 2.24) is 15.0 Å². The molecular weight excluding hydrogens is 655 g/mol. The Balaban J connectivity index is 1.16. The zero-order valence-electron chi connectivity index (χ0n) is 27.7. The highest BCUT2D eigenvalue weighted by atomic mass is 32.1. The van der Waals surface area contributed by atoms with E-state index in [2.05, 4.69) is 127 Å². The molecule has 5 heteroatoms. The summed E-state index contributed by atoms with van der Waals surface area (Å²) >= 11 is 1.82. The van der Waals surface area contributed by atoms with Crippen molar-refractivity contribution in [2.75, 3.05) is 0 Å². The number of para-hydroxylation sites is 2. The molecule has 52 heavy (non-hydrogen) atoms. The van der Waals surface area contributed by atoms with Crippen LogP contribution in [0.1, 0.15) is 0 Å². The SMILES string of the molecule is c1ccc(-c2cc(-c3ccc(-c4nc5c6ccccc6sc5c5ccccc45)c4ccccc34)nc(-c3cccc4c3oc3ccccc34)n2)cc1. The Morgan fingerprint density at radius 2 is 1.06 bits per heavy atom. The van der Waals surface area contributed by atoms with Crippen LogP contribution in [0.2, 0.25) is 0 Å². The summed E-state index contributed by atoms with van der Waals surface area (Å²) in [4.78, 5) is 15.9. The number of hydrogen-bond acceptors (Lipinski definition) is 5. The highest BCUT2D eigenvalue weighted by Crippen LogP contribution is 2.44. The molecule has 4 heterocycles. The zero-order chi connectivity index (χ0) is 34.2. The smallest absolute Gasteiger partial charge is 0.164 e. The third-order valence-corrected chi connectivity index (χ3v) is 11.3. The lowest BCUT2D eigenvalue weighted by Gasteiger charge is -2.15. The molecular formula is C47H27N3OS. The van der Waals surface area contributed by atoms with Gasteiger partial charge in [-0.25, -0.2) is 15.0 Å². The standard InChI is InChI=1S/C47H27N3OS/c1-2-13-28(14-3-1)39-27-40(49-47(48-39)38-22-12-21-35-32-17-8-10-23-41(32)51-45(35)38)31-25-26-34(30-16-5-4-15-29(30)31)43-33-18-6-7-19-36(33)46-44(50-43)37-20-9-11-24-42(37)52-46/h1-27H. The van der Waals surface area contributed by atoms with Crippen molar-refractivity contribution in [3.8, 4) is 45.2 Å². The fourth-order valence-corrected chi connectivity index (χ4v) is 8.89. The Morgan fingerprint density at radius 3 is 1.90 bits per heavy atom. The van der Waals surface area contributed by atoms with Crippen molar-refractivity contribution < 1.29 is 4.42 Å². The van der Waals surface area contributed by atoms with Crippen molar-refractivity contribution in [2.45, 2.75) is 0 Å². The molecule has 7 aromatic carbocycles. The number of benzene rings is 7. The fourth-order valence-electron chi connectivity index (χ4n) is 7.71. The molecule has 0 bridgehead atoms. The number of furan rings is 1. The molecule has 0 saturated carbocycles. The molecule has 0 fully saturated rings. The van der Waals surface area contributed by atoms with Crippen molar-refractivity contribution >= 4 is 75.1 Å². The third kappa shape index (κ3) is 4.43. The van der Waals surface area contributed by atoms with Gasteiger partial charge in [0.25, 0.3) is 0 Å². The van der Waals surface area contributed by atoms with Gasteiger partial charge in [-0.3, -0.25) is 0 Å². The van der Waals surface area contributed by atoms with Gasteiger partial charge in [0.2, 0.25) is 0 Å². The Labute approximate surface area is 302 Å². The van der Waals surface area contributed by atoms with E-state index in [1.807, 2.05) is 47.7 Å². The molecule has 0 aliphatic heterocycles. The summed E-state index contributed by atoms with van der Waals surface area (Å²) in [7, 11) is 0. The van der Waals surface area contributed by atoms with Gasteiger partial charge in [0, 0.05) is 48.3 Å². The number of thiophene rings is 1. The highest BCUT2D eigenvalue weighted by molar-refractivity contribution is 7.26. The number of fused-ring (bicyclic) bond motifs is 9. The zero-order valence-corrected chi connectivity index (χ0v) is 28.6. The van der Waals surface area contributed by atoms with Crippen LogP contribution < -0.4 is 0 Å². The molecule has 0 aliphatic rings. The monoisotopic (exact) mass is 681 g/mol. The summed E-state index contributed by atoms with van der Waals surface area (Å²) in [5.74, 6) is 0.622. The molecule has 4 aromatic heterocycles. The largest absolute Gasteiger partial charge is 0.455 e. The highest BCUT2D eigenvalue weighted by Gasteiger charge is 2.20. The maximum Gasteiger partial charge on any atom is 0.164 e. The van der Waals surface area contributed by atoms with E-state index < -0.39 is 0 Å². The molecule has 0 aliphatic carbocycles. The van der Waals surface area contributed by atoms with E-state index in [1.165, 1.54) is 20.2 Å². The van der Waals surface area contributed by atoms with Gasteiger partial charge < -0.3 is 4.42 Å². The molecule has 11 aromatic rings. The topological polar surface area (TPSA) is 51.8 Å². The average Bonchev–Trinajstić information content (AvgIpc) is 3.79. The third-order valence-electron chi connectivity index (χ3n) is 10.1. The van der Waals surface area contributed by atoms with E-state index in [0.717, 1.165) is 82.9 Å². The predicted molar refractivity (Wildman–Crippen MR) is 217 cm³/mol. The average molecular weight is 682 g/mol. The van der Waals surface area contributed by atoms with Gasteiger partial charge in [0.05, 0.1) is 32.9 Å². The van der Waals surface area contributed by atoms with Crippen LogP contribution in [0.5, 0.6) is 0 Å². The first-order chi connectivity index (χ1) is 25.8. The summed E-state index contributed by atoms with van der Waals surface area (Å²) in [5.41, 5.74) is 9.38. The van der Waals surface area contributed by atoms with Crippen LogP contribution in [0.4, 0.5) is 0 Å². The molecule has 0 spiro atoms. The van der Waals surface area contributed by atoms with E-state index in [4.69, 9.17) is 19.4 Å². The Hall–Kier alpha value is -6.69. The second-order valence-corrected chi connectivity index (χ2v) is 14.1. The van der Waals surface area contributed by atoms with Gasteiger partial charge in [-0.05, 0) is 35.0 Å². The lowest BCUT2D eigenvalue weighted by Crippen LogP contribution is -1.97. The van der Waals surface area contributed by atoms with Crippen molar-refractivity contribution in [1.29, 1.82) is 0 Å². The van der Waals surface area contributed by atoms with Gasteiger partial charge in [-0.15, -0.1) is 11.3 Å². The van der Waals surface area contributed by atoms with Crippen LogP contribution in [0.3, 0.4) is 0 Å². The van der Waals surface area contributed by atoms with E-state index in [9.17, 15) is 0 Å². The maximum atomic E-state index is 6.46. The Morgan fingerprint density at radius 1 is 0.423 bits per heavy atom. The number of pyridine rings is 1. The summed E-state index contributed by atoms with van der Waals surface area (Å²) in [6.07, 6.45) is 0. The maximum absolute atomic E-state index is 6.46. The van der Waals surface area contributed by atoms with Crippen LogP contribution in [-0.4, -0.2) is 15.0 Å². The minimum atomic E-state index is 0.622. The van der Waals surface area contributed by atoms with Crippen molar-refractivity contribution in [3.05, 3.63) is 164 Å². The summed E-state index contributed by atoms with van der Waals surface area (Å²) in [5, 5.41) is 7.92. The molecule has 0 saturated heterocycles. The van der Waals surface area contributed by atoms with Crippen LogP contribution in [0, 0.1) is 0 Å². The van der Waals surface area contributed by atoms with E-state index in [1.54, 1.807) is 0 Å². The minimum Gasteiger partial charge on any atom is -0.455 e. The second kappa shape index (κ2) is 11.4. The number of aromatic nitrogens is 3. The van der Waals surface area contributed by atoms with Gasteiger partial charge in [0.15, 0.2) is 5.82 Å². The summed E-state index contributed by atoms with van der Waals surface area (Å²) in [6.45, 7) is 0. The molecule has 242 valence electrons. The quantitative estimate of drug-likeness (QED) is 0.185.